The molecule has 0 fully saturated rings. The second-order valence-corrected chi connectivity index (χ2v) is 10.2. The fraction of sp³-hybridized carbons (Fsp3) is 0.0625. The molecule has 0 saturated carbocycles. The van der Waals surface area contributed by atoms with Gasteiger partial charge in [-0.15, -0.1) is 0 Å². The molecule has 0 radical (unpaired) electrons. The maximum Gasteiger partial charge on any atom is 0.485 e. The number of aromatic amines is 1. The number of hydrogen-bond acceptors (Lipinski definition) is 5. The van der Waals surface area contributed by atoms with Crippen molar-refractivity contribution in [2.75, 3.05) is 0 Å². The molecule has 0 atom stereocenters. The molecule has 0 unspecified atom stereocenters. The van der Waals surface area contributed by atoms with Crippen LogP contribution < -0.4 is 26.8 Å². The van der Waals surface area contributed by atoms with Crippen molar-refractivity contribution in [1.29, 1.82) is 0 Å². The predicted molar refractivity (Wildman–Crippen MR) is 93.5 cm³/mol. The zero-order valence-corrected chi connectivity index (χ0v) is 18.1. The lowest BCUT2D eigenvalue weighted by atomic mass is 10.2. The van der Waals surface area contributed by atoms with Crippen molar-refractivity contribution in [3.8, 4) is 5.75 Å². The molecule has 0 amide bonds. The van der Waals surface area contributed by atoms with Gasteiger partial charge in [0.1, 0.15) is 0 Å². The fourth-order valence-electron chi connectivity index (χ4n) is 1.90. The van der Waals surface area contributed by atoms with E-state index >= 15 is 0 Å². The van der Waals surface area contributed by atoms with Gasteiger partial charge in [0.25, 0.3) is 0 Å². The van der Waals surface area contributed by atoms with E-state index in [2.05, 4.69) is 20.9 Å². The van der Waals surface area contributed by atoms with Crippen molar-refractivity contribution in [3.63, 3.8) is 0 Å². The maximum absolute atomic E-state index is 12.1. The molecule has 0 spiro atoms. The summed E-state index contributed by atoms with van der Waals surface area (Å²) in [6.07, 6.45) is 0. The van der Waals surface area contributed by atoms with E-state index < -0.39 is 36.8 Å². The Morgan fingerprint density at radius 1 is 1.11 bits per heavy atom. The third kappa shape index (κ3) is 5.68. The molecule has 0 bridgehead atoms. The van der Waals surface area contributed by atoms with Crippen molar-refractivity contribution >= 4 is 37.0 Å². The average molecular weight is 592 g/mol. The van der Waals surface area contributed by atoms with Gasteiger partial charge in [0.2, 0.25) is 0 Å². The average Bonchev–Trinajstić information content (AvgIpc) is 2.59. The van der Waals surface area contributed by atoms with Gasteiger partial charge in [0.05, 0.1) is 5.52 Å². The van der Waals surface area contributed by atoms with Gasteiger partial charge < -0.3 is 14.6 Å². The highest BCUT2D eigenvalue weighted by Crippen LogP contribution is 2.24. The Bertz CT molecular complexity index is 1150. The molecule has 1 aromatic heterocycles. The summed E-state index contributed by atoms with van der Waals surface area (Å²) >= 11 is 2.67. The zero-order valence-electron chi connectivity index (χ0n) is 13.5. The lowest BCUT2D eigenvalue weighted by molar-refractivity contribution is -0.599. The molecule has 0 aliphatic rings. The van der Waals surface area contributed by atoms with Gasteiger partial charge in [-0.1, -0.05) is 34.1 Å². The Hall–Kier alpha value is -1.64. The Labute approximate surface area is 175 Å². The van der Waals surface area contributed by atoms with E-state index in [1.807, 2.05) is 42.5 Å². The quantitative estimate of drug-likeness (QED) is 0.251. The summed E-state index contributed by atoms with van der Waals surface area (Å²) in [5, 5.41) is 11.1. The molecule has 2 N–H and O–H groups in total. The lowest BCUT2D eigenvalue weighted by Crippen LogP contribution is -3.62. The second-order valence-electron chi connectivity index (χ2n) is 5.10. The van der Waals surface area contributed by atoms with E-state index in [-0.39, 0.29) is 11.3 Å². The topological polar surface area (TPSA) is 110 Å². The van der Waals surface area contributed by atoms with Gasteiger partial charge in [0.15, 0.2) is 19.4 Å². The van der Waals surface area contributed by atoms with Gasteiger partial charge in [-0.25, -0.2) is 8.42 Å². The number of nitrogens with one attached hydrogen (secondary N) is 1. The third-order valence-electron chi connectivity index (χ3n) is 3.11. The van der Waals surface area contributed by atoms with Crippen LogP contribution in [0.5, 0.6) is 5.75 Å². The van der Waals surface area contributed by atoms with Crippen molar-refractivity contribution < 1.29 is 52.5 Å². The lowest BCUT2D eigenvalue weighted by Gasteiger charge is -2.08. The van der Waals surface area contributed by atoms with E-state index in [0.717, 1.165) is 8.04 Å². The Morgan fingerprint density at radius 2 is 1.68 bits per heavy atom. The van der Waals surface area contributed by atoms with Crippen LogP contribution in [0.25, 0.3) is 10.9 Å². The first-order valence-electron chi connectivity index (χ1n) is 7.16. The summed E-state index contributed by atoms with van der Waals surface area (Å²) in [7, 11) is -6.09. The van der Waals surface area contributed by atoms with Gasteiger partial charge in [-0.3, -0.25) is 4.79 Å². The molecular weight excluding hydrogens is 582 g/mol. The van der Waals surface area contributed by atoms with Crippen molar-refractivity contribution in [2.45, 2.75) is 5.51 Å². The number of aromatic hydroxyl groups is 1. The fourth-order valence-corrected chi connectivity index (χ4v) is 4.58. The molecule has 3 rings (SSSR count). The smallest absolute Gasteiger partial charge is 0.485 e. The van der Waals surface area contributed by atoms with Crippen molar-refractivity contribution in [2.24, 2.45) is 0 Å². The molecule has 12 heteroatoms. The zero-order chi connectivity index (χ0) is 21.1. The normalized spacial score (nSPS) is 11.8. The minimum Gasteiger partial charge on any atom is -0.741 e. The highest BCUT2D eigenvalue weighted by molar-refractivity contribution is 9.10. The molecule has 150 valence electrons. The molecule has 0 saturated heterocycles. The molecule has 28 heavy (non-hydrogen) atoms. The molecule has 0 aliphatic heterocycles. The second kappa shape index (κ2) is 8.80. The summed E-state index contributed by atoms with van der Waals surface area (Å²) in [6.45, 7) is 0. The van der Waals surface area contributed by atoms with Crippen LogP contribution in [-0.2, 0) is 10.1 Å². The summed E-state index contributed by atoms with van der Waals surface area (Å²) < 4.78 is 61.4. The van der Waals surface area contributed by atoms with E-state index in [9.17, 15) is 23.1 Å². The first-order valence-corrected chi connectivity index (χ1v) is 11.5. The number of pyridine rings is 1. The minimum atomic E-state index is -6.09. The number of benzene rings is 2. The predicted octanol–water partition coefficient (Wildman–Crippen LogP) is 0.176. The van der Waals surface area contributed by atoms with Gasteiger partial charge in [-0.2, -0.15) is 13.2 Å². The Morgan fingerprint density at radius 3 is 2.21 bits per heavy atom. The monoisotopic (exact) mass is 591 g/mol. The number of fused-ring (bicyclic) bond motifs is 1. The first kappa shape index (κ1) is 22.6. The van der Waals surface area contributed by atoms with Crippen LogP contribution in [0.15, 0.2) is 57.8 Å². The molecular formula is C16H10BrF3INO5S. The van der Waals surface area contributed by atoms with Crippen LogP contribution in [-0.4, -0.2) is 28.6 Å². The summed E-state index contributed by atoms with van der Waals surface area (Å²) in [5.74, 6) is 0.0988. The number of H-pyrrole nitrogens is 1. The van der Waals surface area contributed by atoms with Crippen LogP contribution >= 0.6 is 15.9 Å². The van der Waals surface area contributed by atoms with E-state index in [1.54, 1.807) is 6.07 Å². The van der Waals surface area contributed by atoms with E-state index in [0.29, 0.717) is 14.5 Å². The van der Waals surface area contributed by atoms with Crippen LogP contribution in [0.3, 0.4) is 0 Å². The Balaban J connectivity index is 0.000000300. The summed E-state index contributed by atoms with van der Waals surface area (Å²) in [4.78, 5) is 15.0. The van der Waals surface area contributed by atoms with E-state index in [4.69, 9.17) is 13.0 Å². The van der Waals surface area contributed by atoms with Crippen molar-refractivity contribution in [1.82, 2.24) is 4.98 Å². The first-order chi connectivity index (χ1) is 12.9. The summed E-state index contributed by atoms with van der Waals surface area (Å²) in [5.41, 5.74) is -5.20. The number of halogens is 5. The number of alkyl halides is 3. The molecule has 1 heterocycles. The standard InChI is InChI=1S/C15H9BrINO2.CHF3O3S/c16-9-6-7-12-11(8-9)14(19)13(15(20)18-12)17-10-4-2-1-3-5-10;2-1(3,4)8(5,6)7/h1-8H,(H-,18,19,20);(H,5,6,7). The van der Waals surface area contributed by atoms with Gasteiger partial charge >= 0.3 is 35.8 Å². The van der Waals surface area contributed by atoms with Crippen molar-refractivity contribution in [3.05, 3.63) is 70.5 Å². The molecule has 0 aliphatic carbocycles. The third-order valence-corrected chi connectivity index (χ3v) is 7.05. The van der Waals surface area contributed by atoms with Crippen LogP contribution in [0.1, 0.15) is 0 Å². The van der Waals surface area contributed by atoms with Crippen LogP contribution in [0.4, 0.5) is 13.2 Å². The highest BCUT2D eigenvalue weighted by atomic mass is 127. The molecule has 6 nitrogen and oxygen atoms in total. The van der Waals surface area contributed by atoms with Gasteiger partial charge in [0, 0.05) is 9.86 Å². The molecule has 3 aromatic rings. The number of rotatable bonds is 2. The largest absolute Gasteiger partial charge is 0.741 e. The minimum absolute atomic E-state index is 0.0988. The molecule has 2 aromatic carbocycles. The van der Waals surface area contributed by atoms with Gasteiger partial charge in [-0.05, 0) is 30.3 Å². The highest BCUT2D eigenvalue weighted by Gasteiger charge is 2.36. The Kier molecular flexibility index (Phi) is 7.12. The summed E-state index contributed by atoms with van der Waals surface area (Å²) in [6, 6.07) is 15.2. The number of aromatic nitrogens is 1. The van der Waals surface area contributed by atoms with E-state index in [1.165, 1.54) is 0 Å². The maximum atomic E-state index is 12.1. The number of hydrogen-bond donors (Lipinski definition) is 2. The van der Waals surface area contributed by atoms with Crippen LogP contribution in [0.2, 0.25) is 0 Å². The SMILES string of the molecule is O=S(=O)([O-])C(F)(F)F.O=c1[nH]c2ccc(Br)cc2c(O)c1[I+]c1ccccc1. The van der Waals surface area contributed by atoms with Crippen LogP contribution in [0, 0.1) is 7.14 Å².